The molecule has 0 aromatic heterocycles. The number of halogens is 1. The van der Waals surface area contributed by atoms with Gasteiger partial charge in [-0.15, -0.1) is 24.0 Å². The maximum atomic E-state index is 5.03. The van der Waals surface area contributed by atoms with E-state index in [4.69, 9.17) is 4.99 Å². The minimum atomic E-state index is -0.0655. The normalized spacial score (nSPS) is 21.9. The van der Waals surface area contributed by atoms with Crippen LogP contribution in [0.15, 0.2) is 35.3 Å². The van der Waals surface area contributed by atoms with Crippen LogP contribution in [0.1, 0.15) is 58.6 Å². The highest BCUT2D eigenvalue weighted by Crippen LogP contribution is 2.21. The molecule has 1 aromatic rings. The van der Waals surface area contributed by atoms with Crippen LogP contribution in [0.4, 0.5) is 0 Å². The third-order valence-electron chi connectivity index (χ3n) is 5.99. The minimum absolute atomic E-state index is 0. The van der Waals surface area contributed by atoms with Crippen molar-refractivity contribution in [2.45, 2.75) is 64.6 Å². The Morgan fingerprint density at radius 1 is 1.17 bits per heavy atom. The molecule has 0 aliphatic carbocycles. The van der Waals surface area contributed by atoms with Gasteiger partial charge in [-0.25, -0.2) is 0 Å². The molecule has 2 fully saturated rings. The number of likely N-dealkylation sites (tertiary alicyclic amines) is 2. The van der Waals surface area contributed by atoms with E-state index in [-0.39, 0.29) is 29.5 Å². The molecule has 2 atom stereocenters. The Hall–Kier alpha value is -0.860. The molecule has 0 spiro atoms. The largest absolute Gasteiger partial charge is 0.357 e. The van der Waals surface area contributed by atoms with Crippen LogP contribution in [0, 0.1) is 0 Å². The molecule has 2 unspecified atom stereocenters. The van der Waals surface area contributed by atoms with Gasteiger partial charge in [0.15, 0.2) is 5.96 Å². The SMILES string of the molecule is CCNC(=NCC(C)(C)NC(C)c1ccccc1)N1CCC(N2CCCC2)C1.I. The third kappa shape index (κ3) is 7.10. The summed E-state index contributed by atoms with van der Waals surface area (Å²) >= 11 is 0. The molecule has 164 valence electrons. The number of benzene rings is 1. The van der Waals surface area contributed by atoms with Gasteiger partial charge >= 0.3 is 0 Å². The van der Waals surface area contributed by atoms with Crippen molar-refractivity contribution in [3.05, 3.63) is 35.9 Å². The van der Waals surface area contributed by atoms with E-state index < -0.39 is 0 Å². The summed E-state index contributed by atoms with van der Waals surface area (Å²) in [6, 6.07) is 11.7. The van der Waals surface area contributed by atoms with Crippen LogP contribution in [0.3, 0.4) is 0 Å². The molecule has 5 nitrogen and oxygen atoms in total. The van der Waals surface area contributed by atoms with E-state index in [1.54, 1.807) is 0 Å². The van der Waals surface area contributed by atoms with Crippen LogP contribution in [0.2, 0.25) is 0 Å². The molecule has 0 radical (unpaired) electrons. The lowest BCUT2D eigenvalue weighted by Crippen LogP contribution is -2.46. The van der Waals surface area contributed by atoms with Crippen molar-refractivity contribution in [2.75, 3.05) is 39.3 Å². The molecule has 2 aliphatic rings. The minimum Gasteiger partial charge on any atom is -0.357 e. The van der Waals surface area contributed by atoms with Crippen LogP contribution in [-0.2, 0) is 0 Å². The molecule has 0 amide bonds. The van der Waals surface area contributed by atoms with Gasteiger partial charge in [0, 0.05) is 37.3 Å². The van der Waals surface area contributed by atoms with Crippen molar-refractivity contribution in [1.82, 2.24) is 20.4 Å². The standard InChI is InChI=1S/C23H39N5.HI/c1-5-24-22(28-16-13-21(17-28)27-14-9-10-15-27)25-18-23(3,4)26-19(2)20-11-7-6-8-12-20;/h6-8,11-12,19,21,26H,5,9-10,13-18H2,1-4H3,(H,24,25);1H. The Balaban J connectivity index is 0.00000300. The second-order valence-electron chi connectivity index (χ2n) is 8.96. The second kappa shape index (κ2) is 11.5. The lowest BCUT2D eigenvalue weighted by atomic mass is 10.0. The summed E-state index contributed by atoms with van der Waals surface area (Å²) in [5.74, 6) is 1.08. The van der Waals surface area contributed by atoms with Crippen LogP contribution in [-0.4, -0.2) is 66.6 Å². The fourth-order valence-electron chi connectivity index (χ4n) is 4.49. The molecule has 0 bridgehead atoms. The molecule has 6 heteroatoms. The van der Waals surface area contributed by atoms with E-state index in [1.165, 1.54) is 37.9 Å². The van der Waals surface area contributed by atoms with Gasteiger partial charge in [-0.3, -0.25) is 9.89 Å². The molecule has 2 heterocycles. The first-order valence-electron chi connectivity index (χ1n) is 11.1. The Morgan fingerprint density at radius 2 is 1.86 bits per heavy atom. The number of guanidine groups is 1. The monoisotopic (exact) mass is 513 g/mol. The van der Waals surface area contributed by atoms with Gasteiger partial charge in [0.2, 0.25) is 0 Å². The first-order chi connectivity index (χ1) is 13.5. The number of nitrogens with zero attached hydrogens (tertiary/aromatic N) is 3. The summed E-state index contributed by atoms with van der Waals surface area (Å²) in [6.07, 6.45) is 3.99. The zero-order chi connectivity index (χ0) is 20.0. The van der Waals surface area contributed by atoms with Gasteiger partial charge in [0.1, 0.15) is 0 Å². The predicted octanol–water partition coefficient (Wildman–Crippen LogP) is 3.87. The quantitative estimate of drug-likeness (QED) is 0.330. The summed E-state index contributed by atoms with van der Waals surface area (Å²) in [6.45, 7) is 15.3. The highest BCUT2D eigenvalue weighted by molar-refractivity contribution is 14.0. The third-order valence-corrected chi connectivity index (χ3v) is 5.99. The maximum Gasteiger partial charge on any atom is 0.194 e. The Labute approximate surface area is 194 Å². The lowest BCUT2D eigenvalue weighted by Gasteiger charge is -2.30. The van der Waals surface area contributed by atoms with E-state index in [0.29, 0.717) is 12.1 Å². The van der Waals surface area contributed by atoms with Crippen LogP contribution >= 0.6 is 24.0 Å². The average molecular weight is 514 g/mol. The van der Waals surface area contributed by atoms with Gasteiger partial charge in [-0.1, -0.05) is 30.3 Å². The molecular formula is C23H40IN5. The Morgan fingerprint density at radius 3 is 2.52 bits per heavy atom. The fourth-order valence-corrected chi connectivity index (χ4v) is 4.49. The summed E-state index contributed by atoms with van der Waals surface area (Å²) < 4.78 is 0. The zero-order valence-electron chi connectivity index (χ0n) is 18.7. The van der Waals surface area contributed by atoms with Crippen molar-refractivity contribution in [3.63, 3.8) is 0 Å². The summed E-state index contributed by atoms with van der Waals surface area (Å²) in [5.41, 5.74) is 1.25. The lowest BCUT2D eigenvalue weighted by molar-refractivity contribution is 0.249. The average Bonchev–Trinajstić information content (AvgIpc) is 3.37. The predicted molar refractivity (Wildman–Crippen MR) is 134 cm³/mol. The van der Waals surface area contributed by atoms with Crippen molar-refractivity contribution in [3.8, 4) is 0 Å². The van der Waals surface area contributed by atoms with Gasteiger partial charge in [0.05, 0.1) is 6.54 Å². The maximum absolute atomic E-state index is 5.03. The van der Waals surface area contributed by atoms with Gasteiger partial charge in [-0.2, -0.15) is 0 Å². The first kappa shape index (κ1) is 24.4. The number of hydrogen-bond acceptors (Lipinski definition) is 3. The molecule has 1 aromatic carbocycles. The highest BCUT2D eigenvalue weighted by atomic mass is 127. The van der Waals surface area contributed by atoms with Crippen LogP contribution in [0.5, 0.6) is 0 Å². The summed E-state index contributed by atoms with van der Waals surface area (Å²) in [5, 5.41) is 7.28. The molecule has 3 rings (SSSR count). The van der Waals surface area contributed by atoms with Crippen molar-refractivity contribution in [2.24, 2.45) is 4.99 Å². The molecule has 2 saturated heterocycles. The topological polar surface area (TPSA) is 42.9 Å². The smallest absolute Gasteiger partial charge is 0.194 e. The molecule has 2 aliphatic heterocycles. The molecule has 0 saturated carbocycles. The Kier molecular flexibility index (Phi) is 9.69. The molecule has 29 heavy (non-hydrogen) atoms. The summed E-state index contributed by atoms with van der Waals surface area (Å²) in [7, 11) is 0. The second-order valence-corrected chi connectivity index (χ2v) is 8.96. The zero-order valence-corrected chi connectivity index (χ0v) is 21.0. The van der Waals surface area contributed by atoms with E-state index in [1.807, 2.05) is 0 Å². The van der Waals surface area contributed by atoms with Crippen molar-refractivity contribution < 1.29 is 0 Å². The van der Waals surface area contributed by atoms with Crippen molar-refractivity contribution in [1.29, 1.82) is 0 Å². The summed E-state index contributed by atoms with van der Waals surface area (Å²) in [4.78, 5) is 10.2. The first-order valence-corrected chi connectivity index (χ1v) is 11.1. The van der Waals surface area contributed by atoms with E-state index in [0.717, 1.165) is 32.1 Å². The van der Waals surface area contributed by atoms with E-state index in [2.05, 4.69) is 78.5 Å². The number of rotatable bonds is 7. The van der Waals surface area contributed by atoms with E-state index >= 15 is 0 Å². The van der Waals surface area contributed by atoms with E-state index in [9.17, 15) is 0 Å². The van der Waals surface area contributed by atoms with Crippen molar-refractivity contribution >= 4 is 29.9 Å². The highest BCUT2D eigenvalue weighted by Gasteiger charge is 2.31. The number of hydrogen-bond donors (Lipinski definition) is 2. The molecule has 2 N–H and O–H groups in total. The van der Waals surface area contributed by atoms with Gasteiger partial charge < -0.3 is 15.5 Å². The fraction of sp³-hybridized carbons (Fsp3) is 0.696. The number of nitrogens with one attached hydrogen (secondary N) is 2. The van der Waals surface area contributed by atoms with Gasteiger partial charge in [-0.05, 0) is 65.6 Å². The van der Waals surface area contributed by atoms with Gasteiger partial charge in [0.25, 0.3) is 0 Å². The van der Waals surface area contributed by atoms with Crippen LogP contribution in [0.25, 0.3) is 0 Å². The molecular weight excluding hydrogens is 473 g/mol. The Bertz CT molecular complexity index is 627. The number of aliphatic imine (C=N–C) groups is 1. The van der Waals surface area contributed by atoms with Crippen LogP contribution < -0.4 is 10.6 Å².